The molecule has 2 heterocycles. The molecule has 1 aliphatic rings. The van der Waals surface area contributed by atoms with E-state index in [9.17, 15) is 35.3 Å². The van der Waals surface area contributed by atoms with Crippen LogP contribution in [0.2, 0.25) is 0 Å². The summed E-state index contributed by atoms with van der Waals surface area (Å²) in [7, 11) is -8.03. The van der Waals surface area contributed by atoms with E-state index in [4.69, 9.17) is 0 Å². The fourth-order valence-electron chi connectivity index (χ4n) is 3.80. The SMILES string of the molecule is N#Cc1cnc2c(ccn2S(=O)(=O)c2ccccc2)c1N[C@H]1C[C@@H](NS(=O)(=O)CCC(F)(F)F)C1. The molecule has 0 spiro atoms. The Morgan fingerprint density at radius 3 is 2.40 bits per heavy atom. The van der Waals surface area contributed by atoms with Gasteiger partial charge in [0.25, 0.3) is 10.0 Å². The van der Waals surface area contributed by atoms with E-state index in [1.54, 1.807) is 18.2 Å². The highest BCUT2D eigenvalue weighted by Crippen LogP contribution is 2.33. The van der Waals surface area contributed by atoms with E-state index < -0.39 is 44.4 Å². The summed E-state index contributed by atoms with van der Waals surface area (Å²) in [6.07, 6.45) is -2.85. The molecule has 186 valence electrons. The number of nitrogens with zero attached hydrogens (tertiary/aromatic N) is 3. The van der Waals surface area contributed by atoms with Crippen molar-refractivity contribution in [3.8, 4) is 6.07 Å². The quantitative estimate of drug-likeness (QED) is 0.460. The van der Waals surface area contributed by atoms with E-state index in [-0.39, 0.29) is 35.0 Å². The lowest BCUT2D eigenvalue weighted by Gasteiger charge is -2.37. The van der Waals surface area contributed by atoms with Gasteiger partial charge in [-0.25, -0.2) is 30.5 Å². The number of hydrogen-bond acceptors (Lipinski definition) is 7. The third kappa shape index (κ3) is 5.42. The van der Waals surface area contributed by atoms with Crippen molar-refractivity contribution < 1.29 is 30.0 Å². The van der Waals surface area contributed by atoms with Crippen molar-refractivity contribution in [1.82, 2.24) is 13.7 Å². The zero-order valence-electron chi connectivity index (χ0n) is 18.0. The van der Waals surface area contributed by atoms with Crippen LogP contribution in [-0.2, 0) is 20.0 Å². The van der Waals surface area contributed by atoms with Crippen LogP contribution in [0.3, 0.4) is 0 Å². The first kappa shape index (κ1) is 25.0. The minimum Gasteiger partial charge on any atom is -0.380 e. The normalized spacial score (nSPS) is 18.7. The van der Waals surface area contributed by atoms with Gasteiger partial charge in [-0.3, -0.25) is 0 Å². The lowest BCUT2D eigenvalue weighted by Crippen LogP contribution is -2.50. The van der Waals surface area contributed by atoms with Crippen molar-refractivity contribution in [3.05, 3.63) is 54.4 Å². The summed E-state index contributed by atoms with van der Waals surface area (Å²) in [6, 6.07) is 10.5. The second-order valence-electron chi connectivity index (χ2n) is 8.14. The number of halogens is 3. The molecule has 14 heteroatoms. The number of anilines is 1. The highest BCUT2D eigenvalue weighted by atomic mass is 32.2. The van der Waals surface area contributed by atoms with Gasteiger partial charge in [0.05, 0.1) is 28.3 Å². The Morgan fingerprint density at radius 2 is 1.77 bits per heavy atom. The molecule has 1 aliphatic carbocycles. The van der Waals surface area contributed by atoms with Crippen molar-refractivity contribution in [3.63, 3.8) is 0 Å². The molecule has 0 unspecified atom stereocenters. The number of nitrogens with one attached hydrogen (secondary N) is 2. The molecule has 35 heavy (non-hydrogen) atoms. The Labute approximate surface area is 199 Å². The van der Waals surface area contributed by atoms with Crippen LogP contribution >= 0.6 is 0 Å². The third-order valence-corrected chi connectivity index (χ3v) is 8.70. The molecule has 0 amide bonds. The van der Waals surface area contributed by atoms with Gasteiger partial charge < -0.3 is 5.32 Å². The molecule has 3 aromatic rings. The number of rotatable bonds is 8. The Balaban J connectivity index is 1.52. The Hall–Kier alpha value is -3.15. The Morgan fingerprint density at radius 1 is 1.09 bits per heavy atom. The molecule has 2 aromatic heterocycles. The van der Waals surface area contributed by atoms with Gasteiger partial charge in [-0.2, -0.15) is 18.4 Å². The number of hydrogen-bond donors (Lipinski definition) is 2. The summed E-state index contributed by atoms with van der Waals surface area (Å²) in [5.41, 5.74) is 0.628. The number of nitriles is 1. The minimum atomic E-state index is -4.57. The summed E-state index contributed by atoms with van der Waals surface area (Å²) < 4.78 is 90.1. The molecule has 1 aromatic carbocycles. The maximum Gasteiger partial charge on any atom is 0.390 e. The molecule has 0 aliphatic heterocycles. The van der Waals surface area contributed by atoms with Crippen LogP contribution < -0.4 is 10.0 Å². The molecule has 0 atom stereocenters. The Kier molecular flexibility index (Phi) is 6.52. The summed E-state index contributed by atoms with van der Waals surface area (Å²) in [5.74, 6) is -1.04. The predicted octanol–water partition coefficient (Wildman–Crippen LogP) is 2.96. The van der Waals surface area contributed by atoms with Crippen molar-refractivity contribution in [2.75, 3.05) is 11.1 Å². The number of benzene rings is 1. The molecule has 1 fully saturated rings. The highest BCUT2D eigenvalue weighted by Gasteiger charge is 2.35. The van der Waals surface area contributed by atoms with Gasteiger partial charge >= 0.3 is 6.18 Å². The van der Waals surface area contributed by atoms with Crippen molar-refractivity contribution in [1.29, 1.82) is 5.26 Å². The summed E-state index contributed by atoms with van der Waals surface area (Å²) in [6.45, 7) is 0. The largest absolute Gasteiger partial charge is 0.390 e. The molecule has 4 rings (SSSR count). The molecule has 0 saturated heterocycles. The zero-order chi connectivity index (χ0) is 25.4. The van der Waals surface area contributed by atoms with Gasteiger partial charge in [0.2, 0.25) is 10.0 Å². The molecule has 0 bridgehead atoms. The van der Waals surface area contributed by atoms with Crippen molar-refractivity contribution in [2.24, 2.45) is 0 Å². The van der Waals surface area contributed by atoms with E-state index in [0.29, 0.717) is 11.1 Å². The summed E-state index contributed by atoms with van der Waals surface area (Å²) in [5, 5.41) is 13.0. The highest BCUT2D eigenvalue weighted by molar-refractivity contribution is 7.90. The lowest BCUT2D eigenvalue weighted by molar-refractivity contribution is -0.130. The standard InChI is InChI=1S/C21H20F3N5O4S2/c22-21(23,24)7-9-34(30,31)28-16-10-15(11-16)27-19-14(12-25)13-26-20-18(19)6-8-29(20)35(32,33)17-4-2-1-3-5-17/h1-6,8,13,15-16,28H,7,9-11H2,(H,26,27)/t15-,16+. The molecule has 9 nitrogen and oxygen atoms in total. The third-order valence-electron chi connectivity index (χ3n) is 5.59. The summed E-state index contributed by atoms with van der Waals surface area (Å²) in [4.78, 5) is 4.22. The smallest absolute Gasteiger partial charge is 0.380 e. The maximum absolute atomic E-state index is 13.1. The second kappa shape index (κ2) is 9.14. The summed E-state index contributed by atoms with van der Waals surface area (Å²) >= 11 is 0. The van der Waals surface area contributed by atoms with Gasteiger partial charge in [0, 0.05) is 29.9 Å². The van der Waals surface area contributed by atoms with Crippen molar-refractivity contribution in [2.45, 2.75) is 42.4 Å². The fraction of sp³-hybridized carbons (Fsp3) is 0.333. The van der Waals surface area contributed by atoms with Crippen molar-refractivity contribution >= 4 is 36.8 Å². The van der Waals surface area contributed by atoms with E-state index in [1.807, 2.05) is 6.07 Å². The van der Waals surface area contributed by atoms with Gasteiger partial charge in [-0.15, -0.1) is 0 Å². The predicted molar refractivity (Wildman–Crippen MR) is 122 cm³/mol. The molecular weight excluding hydrogens is 507 g/mol. The van der Waals surface area contributed by atoms with Crippen LogP contribution in [0.1, 0.15) is 24.8 Å². The van der Waals surface area contributed by atoms with Crippen LogP contribution in [0.4, 0.5) is 18.9 Å². The number of alkyl halides is 3. The average molecular weight is 528 g/mol. The first-order valence-corrected chi connectivity index (χ1v) is 13.5. The second-order valence-corrected chi connectivity index (χ2v) is 11.8. The number of aromatic nitrogens is 2. The van der Waals surface area contributed by atoms with Gasteiger partial charge in [0.15, 0.2) is 5.65 Å². The van der Waals surface area contributed by atoms with E-state index in [2.05, 4.69) is 15.0 Å². The Bertz CT molecular complexity index is 1490. The number of fused-ring (bicyclic) bond motifs is 1. The first-order chi connectivity index (χ1) is 16.4. The topological polar surface area (TPSA) is 134 Å². The van der Waals surface area contributed by atoms with Crippen LogP contribution in [0, 0.1) is 11.3 Å². The number of sulfonamides is 1. The van der Waals surface area contributed by atoms with Crippen LogP contribution in [-0.4, -0.2) is 49.8 Å². The molecule has 2 N–H and O–H groups in total. The van der Waals surface area contributed by atoms with Crippen LogP contribution in [0.5, 0.6) is 0 Å². The minimum absolute atomic E-state index is 0.0674. The molecular formula is C21H20F3N5O4S2. The van der Waals surface area contributed by atoms with E-state index in [1.165, 1.54) is 30.6 Å². The van der Waals surface area contributed by atoms with Gasteiger partial charge in [-0.05, 0) is 31.0 Å². The molecule has 1 saturated carbocycles. The maximum atomic E-state index is 13.1. The van der Waals surface area contributed by atoms with Gasteiger partial charge in [0.1, 0.15) is 6.07 Å². The average Bonchev–Trinajstić information content (AvgIpc) is 3.22. The monoisotopic (exact) mass is 527 g/mol. The number of pyridine rings is 1. The molecule has 0 radical (unpaired) electrons. The zero-order valence-corrected chi connectivity index (χ0v) is 19.7. The fourth-order valence-corrected chi connectivity index (χ4v) is 6.44. The van der Waals surface area contributed by atoms with E-state index >= 15 is 0 Å². The lowest BCUT2D eigenvalue weighted by atomic mass is 9.87. The first-order valence-electron chi connectivity index (χ1n) is 10.4. The van der Waals surface area contributed by atoms with Gasteiger partial charge in [-0.1, -0.05) is 18.2 Å². The van der Waals surface area contributed by atoms with Crippen LogP contribution in [0.15, 0.2) is 53.7 Å². The van der Waals surface area contributed by atoms with Crippen LogP contribution in [0.25, 0.3) is 11.0 Å². The van der Waals surface area contributed by atoms with E-state index in [0.717, 1.165) is 3.97 Å².